The van der Waals surface area contributed by atoms with Gasteiger partial charge in [0.2, 0.25) is 0 Å². The maximum absolute atomic E-state index is 13.5. The van der Waals surface area contributed by atoms with Gasteiger partial charge in [-0.3, -0.25) is 5.32 Å². The minimum absolute atomic E-state index is 0.0411. The average molecular weight is 373 g/mol. The Labute approximate surface area is 145 Å². The van der Waals surface area contributed by atoms with Crippen molar-refractivity contribution in [2.24, 2.45) is 0 Å². The van der Waals surface area contributed by atoms with Gasteiger partial charge in [0.1, 0.15) is 0 Å². The standard InChI is InChI=1S/C16H12ClF3N2O3/c17-11-6-7-12-13(8-11)25-16(24-12,15(18,19)20)22-14(23)21-9-10-4-2-1-3-5-10/h1-8H,9H2,(H2,21,22,23). The van der Waals surface area contributed by atoms with E-state index in [1.807, 2.05) is 0 Å². The molecular formula is C16H12ClF3N2O3. The average Bonchev–Trinajstić information content (AvgIpc) is 2.92. The highest BCUT2D eigenvalue weighted by Gasteiger charge is 2.65. The van der Waals surface area contributed by atoms with Gasteiger partial charge in [0.15, 0.2) is 11.5 Å². The molecule has 0 saturated carbocycles. The summed E-state index contributed by atoms with van der Waals surface area (Å²) in [6, 6.07) is 11.4. The van der Waals surface area contributed by atoms with Crippen LogP contribution in [0, 0.1) is 0 Å². The van der Waals surface area contributed by atoms with Crippen LogP contribution in [0.3, 0.4) is 0 Å². The van der Waals surface area contributed by atoms with Crippen molar-refractivity contribution in [3.63, 3.8) is 0 Å². The zero-order valence-electron chi connectivity index (χ0n) is 12.6. The summed E-state index contributed by atoms with van der Waals surface area (Å²) in [5.41, 5.74) is 0.724. The van der Waals surface area contributed by atoms with E-state index < -0.39 is 18.1 Å². The zero-order valence-corrected chi connectivity index (χ0v) is 13.3. The van der Waals surface area contributed by atoms with Crippen molar-refractivity contribution >= 4 is 17.6 Å². The molecule has 2 aromatic rings. The topological polar surface area (TPSA) is 59.6 Å². The molecule has 0 saturated heterocycles. The predicted molar refractivity (Wildman–Crippen MR) is 83.3 cm³/mol. The van der Waals surface area contributed by atoms with Gasteiger partial charge in [0.05, 0.1) is 0 Å². The number of amides is 2. The van der Waals surface area contributed by atoms with Crippen LogP contribution in [0.1, 0.15) is 5.56 Å². The fraction of sp³-hybridized carbons (Fsp3) is 0.188. The lowest BCUT2D eigenvalue weighted by Gasteiger charge is -2.29. The minimum atomic E-state index is -5.03. The molecule has 2 amide bonds. The molecule has 1 unspecified atom stereocenters. The van der Waals surface area contributed by atoms with Gasteiger partial charge in [-0.15, -0.1) is 0 Å². The Balaban J connectivity index is 1.74. The van der Waals surface area contributed by atoms with E-state index in [0.717, 1.165) is 5.56 Å². The second kappa shape index (κ2) is 6.36. The second-order valence-electron chi connectivity index (χ2n) is 5.20. The Kier molecular flexibility index (Phi) is 4.38. The van der Waals surface area contributed by atoms with E-state index in [1.54, 1.807) is 35.6 Å². The molecule has 9 heteroatoms. The molecule has 5 nitrogen and oxygen atoms in total. The smallest absolute Gasteiger partial charge is 0.424 e. The number of urea groups is 1. The van der Waals surface area contributed by atoms with Gasteiger partial charge in [-0.2, -0.15) is 13.2 Å². The number of benzene rings is 2. The van der Waals surface area contributed by atoms with Gasteiger partial charge in [-0.25, -0.2) is 4.79 Å². The van der Waals surface area contributed by atoms with Crippen LogP contribution in [-0.4, -0.2) is 18.1 Å². The predicted octanol–water partition coefficient (Wildman–Crippen LogP) is 3.83. The van der Waals surface area contributed by atoms with Crippen molar-refractivity contribution in [2.45, 2.75) is 18.6 Å². The van der Waals surface area contributed by atoms with Crippen molar-refractivity contribution in [1.29, 1.82) is 0 Å². The monoisotopic (exact) mass is 372 g/mol. The molecule has 1 heterocycles. The number of carbonyl (C=O) groups excluding carboxylic acids is 1. The van der Waals surface area contributed by atoms with E-state index in [-0.39, 0.29) is 23.1 Å². The Morgan fingerprint density at radius 1 is 1.08 bits per heavy atom. The molecule has 1 aliphatic heterocycles. The molecule has 2 N–H and O–H groups in total. The highest BCUT2D eigenvalue weighted by molar-refractivity contribution is 6.30. The van der Waals surface area contributed by atoms with Crippen molar-refractivity contribution < 1.29 is 27.4 Å². The number of hydrogen-bond acceptors (Lipinski definition) is 3. The maximum atomic E-state index is 13.5. The van der Waals surface area contributed by atoms with Crippen LogP contribution in [0.2, 0.25) is 5.02 Å². The van der Waals surface area contributed by atoms with E-state index >= 15 is 0 Å². The SMILES string of the molecule is O=C(NCc1ccccc1)NC1(C(F)(F)F)Oc2ccc(Cl)cc2O1. The molecule has 2 aromatic carbocycles. The number of halogens is 4. The molecule has 0 aromatic heterocycles. The van der Waals surface area contributed by atoms with Crippen LogP contribution in [0.15, 0.2) is 48.5 Å². The first-order chi connectivity index (χ1) is 11.8. The molecule has 0 aliphatic carbocycles. The van der Waals surface area contributed by atoms with Crippen molar-refractivity contribution in [3.05, 3.63) is 59.1 Å². The minimum Gasteiger partial charge on any atom is -0.424 e. The van der Waals surface area contributed by atoms with Crippen LogP contribution in [0.25, 0.3) is 0 Å². The van der Waals surface area contributed by atoms with Gasteiger partial charge in [-0.1, -0.05) is 41.9 Å². The number of hydrogen-bond donors (Lipinski definition) is 2. The van der Waals surface area contributed by atoms with E-state index in [9.17, 15) is 18.0 Å². The summed E-state index contributed by atoms with van der Waals surface area (Å²) in [4.78, 5) is 11.9. The van der Waals surface area contributed by atoms with Crippen LogP contribution >= 0.6 is 11.6 Å². The largest absolute Gasteiger partial charge is 0.492 e. The van der Waals surface area contributed by atoms with Crippen LogP contribution in [0.4, 0.5) is 18.0 Å². The molecule has 0 bridgehead atoms. The number of rotatable bonds is 3. The first-order valence-corrected chi connectivity index (χ1v) is 7.51. The number of fused-ring (bicyclic) bond motifs is 1. The van der Waals surface area contributed by atoms with E-state index in [0.29, 0.717) is 0 Å². The molecule has 1 atom stereocenters. The zero-order chi connectivity index (χ0) is 18.1. The highest BCUT2D eigenvalue weighted by Crippen LogP contribution is 2.45. The lowest BCUT2D eigenvalue weighted by atomic mass is 10.2. The van der Waals surface area contributed by atoms with Crippen molar-refractivity contribution in [2.75, 3.05) is 0 Å². The summed E-state index contributed by atoms with van der Waals surface area (Å²) < 4.78 is 50.2. The molecule has 3 rings (SSSR count). The normalized spacial score (nSPS) is 18.7. The molecule has 0 fully saturated rings. The summed E-state index contributed by atoms with van der Waals surface area (Å²) in [6.07, 6.45) is -5.03. The Morgan fingerprint density at radius 3 is 2.44 bits per heavy atom. The molecule has 25 heavy (non-hydrogen) atoms. The van der Waals surface area contributed by atoms with Gasteiger partial charge in [-0.05, 0) is 17.7 Å². The van der Waals surface area contributed by atoms with Crippen LogP contribution in [-0.2, 0) is 6.54 Å². The highest BCUT2D eigenvalue weighted by atomic mass is 35.5. The lowest BCUT2D eigenvalue weighted by Crippen LogP contribution is -2.66. The van der Waals surface area contributed by atoms with Gasteiger partial charge in [0, 0.05) is 17.6 Å². The van der Waals surface area contributed by atoms with E-state index in [2.05, 4.69) is 5.32 Å². The molecule has 0 radical (unpaired) electrons. The van der Waals surface area contributed by atoms with Gasteiger partial charge in [0.25, 0.3) is 0 Å². The van der Waals surface area contributed by atoms with Crippen molar-refractivity contribution in [1.82, 2.24) is 10.6 Å². The molecular weight excluding hydrogens is 361 g/mol. The number of nitrogens with one attached hydrogen (secondary N) is 2. The first kappa shape index (κ1) is 17.2. The number of ether oxygens (including phenoxy) is 2. The summed E-state index contributed by atoms with van der Waals surface area (Å²) in [6.45, 7) is 0.0411. The maximum Gasteiger partial charge on any atom is 0.492 e. The van der Waals surface area contributed by atoms with E-state index in [1.165, 1.54) is 18.2 Å². The summed E-state index contributed by atoms with van der Waals surface area (Å²) >= 11 is 5.74. The summed E-state index contributed by atoms with van der Waals surface area (Å²) in [5.74, 6) is -3.71. The quantitative estimate of drug-likeness (QED) is 0.861. The van der Waals surface area contributed by atoms with Crippen LogP contribution < -0.4 is 20.1 Å². The number of carbonyl (C=O) groups is 1. The Morgan fingerprint density at radius 2 is 1.76 bits per heavy atom. The fourth-order valence-corrected chi connectivity index (χ4v) is 2.35. The first-order valence-electron chi connectivity index (χ1n) is 7.13. The van der Waals surface area contributed by atoms with E-state index in [4.69, 9.17) is 21.1 Å². The fourth-order valence-electron chi connectivity index (χ4n) is 2.19. The van der Waals surface area contributed by atoms with Gasteiger partial charge < -0.3 is 14.8 Å². The Hall–Kier alpha value is -2.61. The van der Waals surface area contributed by atoms with Crippen molar-refractivity contribution in [3.8, 4) is 11.5 Å². The van der Waals surface area contributed by atoms with Crippen LogP contribution in [0.5, 0.6) is 11.5 Å². The molecule has 0 spiro atoms. The summed E-state index contributed by atoms with van der Waals surface area (Å²) in [7, 11) is 0. The third-order valence-corrected chi connectivity index (χ3v) is 3.60. The second-order valence-corrected chi connectivity index (χ2v) is 5.64. The lowest BCUT2D eigenvalue weighted by molar-refractivity contribution is -0.317. The third-order valence-electron chi connectivity index (χ3n) is 3.36. The Bertz CT molecular complexity index is 786. The third kappa shape index (κ3) is 3.58. The number of alkyl halides is 3. The summed E-state index contributed by atoms with van der Waals surface area (Å²) in [5, 5.41) is 4.21. The van der Waals surface area contributed by atoms with Gasteiger partial charge >= 0.3 is 18.1 Å². The molecule has 132 valence electrons. The molecule has 1 aliphatic rings.